The number of pyridine rings is 1. The van der Waals surface area contributed by atoms with Gasteiger partial charge in [-0.25, -0.2) is 4.39 Å². The summed E-state index contributed by atoms with van der Waals surface area (Å²) in [5.74, 6) is 0.639. The van der Waals surface area contributed by atoms with E-state index >= 15 is 0 Å². The Bertz CT molecular complexity index is 973. The van der Waals surface area contributed by atoms with Crippen LogP contribution in [0.1, 0.15) is 21.6 Å². The Kier molecular flexibility index (Phi) is 5.02. The summed E-state index contributed by atoms with van der Waals surface area (Å²) in [6, 6.07) is 11.5. The van der Waals surface area contributed by atoms with E-state index in [9.17, 15) is 9.18 Å². The van der Waals surface area contributed by atoms with E-state index in [1.165, 1.54) is 12.1 Å². The zero-order chi connectivity index (χ0) is 18.7. The Hall–Kier alpha value is -3.15. The van der Waals surface area contributed by atoms with Crippen LogP contribution >= 0.6 is 0 Å². The summed E-state index contributed by atoms with van der Waals surface area (Å²) >= 11 is 0. The number of aryl methyl sites for hydroxylation is 1. The molecule has 0 aliphatic heterocycles. The highest BCUT2D eigenvalue weighted by atomic mass is 19.1. The first kappa shape index (κ1) is 17.7. The fourth-order valence-electron chi connectivity index (χ4n) is 2.73. The van der Waals surface area contributed by atoms with Gasteiger partial charge < -0.3 is 14.8 Å². The molecule has 0 radical (unpaired) electrons. The first-order valence-electron chi connectivity index (χ1n) is 8.08. The van der Waals surface area contributed by atoms with Crippen LogP contribution in [0, 0.1) is 12.7 Å². The SMILES string of the molecule is COc1ccc(CNC(=O)c2cc3ccc(F)cc3nc2C)cc1OC. The molecule has 134 valence electrons. The number of hydrogen-bond donors (Lipinski definition) is 1. The van der Waals surface area contributed by atoms with Gasteiger partial charge in [-0.05, 0) is 42.8 Å². The molecular weight excluding hydrogens is 335 g/mol. The number of rotatable bonds is 5. The predicted molar refractivity (Wildman–Crippen MR) is 97.2 cm³/mol. The lowest BCUT2D eigenvalue weighted by Gasteiger charge is -2.11. The first-order valence-corrected chi connectivity index (χ1v) is 8.08. The molecule has 0 saturated heterocycles. The molecule has 0 aliphatic rings. The minimum absolute atomic E-state index is 0.240. The topological polar surface area (TPSA) is 60.5 Å². The van der Waals surface area contributed by atoms with Gasteiger partial charge in [-0.1, -0.05) is 6.07 Å². The van der Waals surface area contributed by atoms with Gasteiger partial charge in [0.25, 0.3) is 5.91 Å². The maximum atomic E-state index is 13.3. The monoisotopic (exact) mass is 354 g/mol. The highest BCUT2D eigenvalue weighted by molar-refractivity contribution is 5.98. The van der Waals surface area contributed by atoms with Crippen LogP contribution in [-0.2, 0) is 6.54 Å². The van der Waals surface area contributed by atoms with E-state index in [-0.39, 0.29) is 11.7 Å². The second kappa shape index (κ2) is 7.39. The molecule has 0 aliphatic carbocycles. The fourth-order valence-corrected chi connectivity index (χ4v) is 2.73. The fraction of sp³-hybridized carbons (Fsp3) is 0.200. The molecule has 1 amide bonds. The maximum Gasteiger partial charge on any atom is 0.253 e. The summed E-state index contributed by atoms with van der Waals surface area (Å²) in [4.78, 5) is 16.9. The number of nitrogens with one attached hydrogen (secondary N) is 1. The average Bonchev–Trinajstić information content (AvgIpc) is 2.65. The van der Waals surface area contributed by atoms with Crippen molar-refractivity contribution < 1.29 is 18.7 Å². The van der Waals surface area contributed by atoms with Gasteiger partial charge in [0.05, 0.1) is 31.0 Å². The van der Waals surface area contributed by atoms with Crippen molar-refractivity contribution in [1.29, 1.82) is 0 Å². The van der Waals surface area contributed by atoms with E-state index in [1.54, 1.807) is 39.3 Å². The second-order valence-corrected chi connectivity index (χ2v) is 5.83. The Morgan fingerprint density at radius 3 is 2.58 bits per heavy atom. The normalized spacial score (nSPS) is 10.6. The number of carbonyl (C=O) groups is 1. The minimum Gasteiger partial charge on any atom is -0.493 e. The minimum atomic E-state index is -0.352. The number of benzene rings is 2. The van der Waals surface area contributed by atoms with Crippen molar-refractivity contribution in [2.24, 2.45) is 0 Å². The molecule has 5 nitrogen and oxygen atoms in total. The molecule has 2 aromatic carbocycles. The second-order valence-electron chi connectivity index (χ2n) is 5.83. The predicted octanol–water partition coefficient (Wildman–Crippen LogP) is 3.63. The molecule has 3 aromatic rings. The Morgan fingerprint density at radius 2 is 1.85 bits per heavy atom. The standard InChI is InChI=1S/C20H19FN2O3/c1-12-16(9-14-5-6-15(21)10-17(14)23-12)20(24)22-11-13-4-7-18(25-2)19(8-13)26-3/h4-10H,11H2,1-3H3,(H,22,24). The average molecular weight is 354 g/mol. The molecule has 0 fully saturated rings. The summed E-state index contributed by atoms with van der Waals surface area (Å²) < 4.78 is 23.8. The first-order chi connectivity index (χ1) is 12.5. The van der Waals surface area contributed by atoms with Gasteiger partial charge in [-0.3, -0.25) is 9.78 Å². The molecule has 26 heavy (non-hydrogen) atoms. The molecule has 6 heteroatoms. The summed E-state index contributed by atoms with van der Waals surface area (Å²) in [7, 11) is 3.13. The van der Waals surface area contributed by atoms with Gasteiger partial charge in [0.1, 0.15) is 5.82 Å². The van der Waals surface area contributed by atoms with Crippen molar-refractivity contribution in [2.75, 3.05) is 14.2 Å². The van der Waals surface area contributed by atoms with Gasteiger partial charge in [0.2, 0.25) is 0 Å². The maximum absolute atomic E-state index is 13.3. The lowest BCUT2D eigenvalue weighted by atomic mass is 10.1. The van der Waals surface area contributed by atoms with E-state index < -0.39 is 0 Å². The lowest BCUT2D eigenvalue weighted by Crippen LogP contribution is -2.24. The van der Waals surface area contributed by atoms with Crippen LogP contribution in [0.4, 0.5) is 4.39 Å². The highest BCUT2D eigenvalue weighted by Crippen LogP contribution is 2.27. The van der Waals surface area contributed by atoms with E-state index in [0.717, 1.165) is 5.56 Å². The zero-order valence-corrected chi connectivity index (χ0v) is 14.8. The third kappa shape index (κ3) is 3.59. The van der Waals surface area contributed by atoms with Crippen LogP contribution < -0.4 is 14.8 Å². The van der Waals surface area contributed by atoms with Crippen molar-refractivity contribution in [3.05, 3.63) is 65.1 Å². The third-order valence-electron chi connectivity index (χ3n) is 4.12. The smallest absolute Gasteiger partial charge is 0.253 e. The number of halogens is 1. The van der Waals surface area contributed by atoms with E-state index in [0.29, 0.717) is 40.2 Å². The molecule has 1 heterocycles. The molecule has 1 aromatic heterocycles. The number of ether oxygens (including phenoxy) is 2. The van der Waals surface area contributed by atoms with Crippen molar-refractivity contribution in [3.8, 4) is 11.5 Å². The Labute approximate surface area is 150 Å². The van der Waals surface area contributed by atoms with E-state index in [1.807, 2.05) is 12.1 Å². The molecular formula is C20H19FN2O3. The van der Waals surface area contributed by atoms with Gasteiger partial charge in [0, 0.05) is 18.0 Å². The molecule has 0 unspecified atom stereocenters. The molecule has 0 bridgehead atoms. The zero-order valence-electron chi connectivity index (χ0n) is 14.8. The number of carbonyl (C=O) groups excluding carboxylic acids is 1. The number of amides is 1. The quantitative estimate of drug-likeness (QED) is 0.760. The van der Waals surface area contributed by atoms with Gasteiger partial charge >= 0.3 is 0 Å². The number of nitrogens with zero attached hydrogens (tertiary/aromatic N) is 1. The summed E-state index contributed by atoms with van der Waals surface area (Å²) in [5.41, 5.74) is 2.42. The number of hydrogen-bond acceptors (Lipinski definition) is 4. The van der Waals surface area contributed by atoms with Crippen LogP contribution in [0.3, 0.4) is 0 Å². The molecule has 1 N–H and O–H groups in total. The number of fused-ring (bicyclic) bond motifs is 1. The van der Waals surface area contributed by atoms with Crippen LogP contribution in [0.5, 0.6) is 11.5 Å². The summed E-state index contributed by atoms with van der Waals surface area (Å²) in [6.45, 7) is 2.07. The summed E-state index contributed by atoms with van der Waals surface area (Å²) in [5, 5.41) is 3.59. The molecule has 3 rings (SSSR count). The third-order valence-corrected chi connectivity index (χ3v) is 4.12. The number of aromatic nitrogens is 1. The number of methoxy groups -OCH3 is 2. The van der Waals surface area contributed by atoms with E-state index in [4.69, 9.17) is 9.47 Å². The molecule has 0 saturated carbocycles. The van der Waals surface area contributed by atoms with Crippen LogP contribution in [-0.4, -0.2) is 25.1 Å². The van der Waals surface area contributed by atoms with Gasteiger partial charge in [0.15, 0.2) is 11.5 Å². The Balaban J connectivity index is 1.79. The summed E-state index contributed by atoms with van der Waals surface area (Å²) in [6.07, 6.45) is 0. The van der Waals surface area contributed by atoms with Gasteiger partial charge in [-0.2, -0.15) is 0 Å². The molecule has 0 atom stereocenters. The van der Waals surface area contributed by atoms with Crippen molar-refractivity contribution in [3.63, 3.8) is 0 Å². The van der Waals surface area contributed by atoms with Crippen LogP contribution in [0.15, 0.2) is 42.5 Å². The Morgan fingerprint density at radius 1 is 1.08 bits per heavy atom. The van der Waals surface area contributed by atoms with Gasteiger partial charge in [-0.15, -0.1) is 0 Å². The lowest BCUT2D eigenvalue weighted by molar-refractivity contribution is 0.0950. The van der Waals surface area contributed by atoms with Crippen molar-refractivity contribution in [1.82, 2.24) is 10.3 Å². The van der Waals surface area contributed by atoms with Crippen LogP contribution in [0.2, 0.25) is 0 Å². The van der Waals surface area contributed by atoms with Crippen molar-refractivity contribution in [2.45, 2.75) is 13.5 Å². The molecule has 0 spiro atoms. The largest absolute Gasteiger partial charge is 0.493 e. The van der Waals surface area contributed by atoms with E-state index in [2.05, 4.69) is 10.3 Å². The highest BCUT2D eigenvalue weighted by Gasteiger charge is 2.12. The van der Waals surface area contributed by atoms with Crippen molar-refractivity contribution >= 4 is 16.8 Å². The van der Waals surface area contributed by atoms with Crippen LogP contribution in [0.25, 0.3) is 10.9 Å².